The Balaban J connectivity index is 1.13. The molecule has 0 fully saturated rings. The van der Waals surface area contributed by atoms with E-state index in [2.05, 4.69) is 187 Å². The number of fused-ring (bicyclic) bond motifs is 7. The summed E-state index contributed by atoms with van der Waals surface area (Å²) in [5.41, 5.74) is 15.7. The summed E-state index contributed by atoms with van der Waals surface area (Å²) in [5.74, 6) is 1.02. The Hall–Kier alpha value is -6.97. The van der Waals surface area contributed by atoms with E-state index in [1.54, 1.807) is 0 Å². The maximum Gasteiger partial charge on any atom is 0.158 e. The molecular weight excluding hydrogens is 657 g/mol. The van der Waals surface area contributed by atoms with Crippen molar-refractivity contribution in [2.75, 3.05) is 0 Å². The smallest absolute Gasteiger partial charge is 0.158 e. The van der Waals surface area contributed by atoms with Crippen molar-refractivity contribution in [2.45, 2.75) is 12.8 Å². The van der Waals surface area contributed by atoms with E-state index in [9.17, 15) is 0 Å². The van der Waals surface area contributed by atoms with E-state index in [1.807, 2.05) is 0 Å². The van der Waals surface area contributed by atoms with Crippen LogP contribution in [0, 0.1) is 0 Å². The number of nitrogens with zero attached hydrogens (tertiary/aromatic N) is 2. The van der Waals surface area contributed by atoms with Gasteiger partial charge >= 0.3 is 0 Å². The Morgan fingerprint density at radius 3 is 1.74 bits per heavy atom. The molecule has 3 nitrogen and oxygen atoms in total. The van der Waals surface area contributed by atoms with E-state index in [0.29, 0.717) is 0 Å². The summed E-state index contributed by atoms with van der Waals surface area (Å²) in [7, 11) is 0. The molecule has 0 atom stereocenters. The molecule has 3 aromatic heterocycles. The molecule has 11 rings (SSSR count). The zero-order valence-electron chi connectivity index (χ0n) is 29.5. The summed E-state index contributed by atoms with van der Waals surface area (Å²) >= 11 is 0. The summed E-state index contributed by atoms with van der Waals surface area (Å²) in [6, 6.07) is 63.0. The van der Waals surface area contributed by atoms with E-state index in [-0.39, 0.29) is 0 Å². The van der Waals surface area contributed by atoms with Gasteiger partial charge in [0, 0.05) is 39.1 Å². The fourth-order valence-electron chi connectivity index (χ4n) is 8.56. The van der Waals surface area contributed by atoms with Gasteiger partial charge in [-0.3, -0.25) is 0 Å². The first-order valence-corrected chi connectivity index (χ1v) is 18.7. The lowest BCUT2D eigenvalue weighted by molar-refractivity contribution is 0.544. The van der Waals surface area contributed by atoms with Crippen LogP contribution in [-0.4, -0.2) is 9.55 Å². The van der Waals surface area contributed by atoms with Crippen molar-refractivity contribution in [1.82, 2.24) is 9.55 Å². The van der Waals surface area contributed by atoms with Crippen LogP contribution in [0.15, 0.2) is 186 Å². The average molecular weight is 691 g/mol. The minimum absolute atomic E-state index is 0.847. The lowest BCUT2D eigenvalue weighted by Gasteiger charge is -2.16. The highest BCUT2D eigenvalue weighted by atomic mass is 16.3. The van der Waals surface area contributed by atoms with Gasteiger partial charge in [-0.05, 0) is 82.3 Å². The lowest BCUT2D eigenvalue weighted by atomic mass is 9.90. The number of hydrogen-bond donors (Lipinski definition) is 0. The van der Waals surface area contributed by atoms with Gasteiger partial charge in [-0.1, -0.05) is 140 Å². The Labute approximate surface area is 313 Å². The molecule has 0 aliphatic heterocycles. The van der Waals surface area contributed by atoms with Crippen LogP contribution in [-0.2, 0) is 6.42 Å². The molecule has 1 aliphatic rings. The molecule has 0 N–H and O–H groups in total. The van der Waals surface area contributed by atoms with Gasteiger partial charge < -0.3 is 8.98 Å². The van der Waals surface area contributed by atoms with Gasteiger partial charge in [-0.25, -0.2) is 4.98 Å². The summed E-state index contributed by atoms with van der Waals surface area (Å²) in [6.45, 7) is 0. The van der Waals surface area contributed by atoms with Crippen LogP contribution in [0.3, 0.4) is 0 Å². The zero-order valence-corrected chi connectivity index (χ0v) is 29.5. The van der Waals surface area contributed by atoms with Crippen LogP contribution in [0.25, 0.3) is 88.3 Å². The second kappa shape index (κ2) is 12.3. The molecule has 0 amide bonds. The van der Waals surface area contributed by atoms with Gasteiger partial charge in [0.05, 0.1) is 27.9 Å². The predicted octanol–water partition coefficient (Wildman–Crippen LogP) is 13.5. The van der Waals surface area contributed by atoms with E-state index < -0.39 is 0 Å². The van der Waals surface area contributed by atoms with Crippen molar-refractivity contribution in [2.24, 2.45) is 0 Å². The Kier molecular flexibility index (Phi) is 6.99. The molecule has 54 heavy (non-hydrogen) atoms. The first-order valence-electron chi connectivity index (χ1n) is 18.7. The fraction of sp³-hybridized carbons (Fsp3) is 0.0392. The van der Waals surface area contributed by atoms with Crippen molar-refractivity contribution in [3.63, 3.8) is 0 Å². The molecule has 254 valence electrons. The molecular formula is C51H34N2O. The maximum atomic E-state index is 6.99. The second-order valence-corrected chi connectivity index (χ2v) is 14.2. The number of benzene rings is 7. The second-order valence-electron chi connectivity index (χ2n) is 14.2. The normalized spacial score (nSPS) is 12.8. The number of aromatic nitrogens is 2. The number of aryl methyl sites for hydroxylation is 1. The molecule has 0 spiro atoms. The van der Waals surface area contributed by atoms with Crippen LogP contribution in [0.1, 0.15) is 23.4 Å². The molecule has 0 saturated heterocycles. The minimum Gasteiger partial charge on any atom is -0.458 e. The molecule has 0 radical (unpaired) electrons. The number of para-hydroxylation sites is 2. The molecule has 3 heterocycles. The summed E-state index contributed by atoms with van der Waals surface area (Å²) in [6.07, 6.45) is 4.10. The Bertz CT molecular complexity index is 2980. The molecule has 3 heteroatoms. The van der Waals surface area contributed by atoms with Gasteiger partial charge in [0.2, 0.25) is 0 Å². The molecule has 7 aromatic carbocycles. The van der Waals surface area contributed by atoms with Gasteiger partial charge in [0.15, 0.2) is 5.58 Å². The Morgan fingerprint density at radius 2 is 1.07 bits per heavy atom. The Morgan fingerprint density at radius 1 is 0.481 bits per heavy atom. The number of allylic oxidation sites excluding steroid dienone is 1. The highest BCUT2D eigenvalue weighted by Crippen LogP contribution is 2.44. The highest BCUT2D eigenvalue weighted by molar-refractivity contribution is 6.13. The monoisotopic (exact) mass is 690 g/mol. The average Bonchev–Trinajstić information content (AvgIpc) is 3.79. The predicted molar refractivity (Wildman–Crippen MR) is 224 cm³/mol. The van der Waals surface area contributed by atoms with Crippen LogP contribution in [0.2, 0.25) is 0 Å². The van der Waals surface area contributed by atoms with Crippen molar-refractivity contribution in [1.29, 1.82) is 0 Å². The van der Waals surface area contributed by atoms with E-state index in [1.165, 1.54) is 44.2 Å². The van der Waals surface area contributed by atoms with Crippen LogP contribution in [0.5, 0.6) is 0 Å². The largest absolute Gasteiger partial charge is 0.458 e. The SMILES string of the molecule is C1=C(c2cc(-c3ccccc3)c3ccccc3n2)c2c(oc3c(-n4c5ccc(-c6ccccc6)cc5c5cc(-c6ccccc6)ccc54)cccc23)CC1. The van der Waals surface area contributed by atoms with Gasteiger partial charge in [0.1, 0.15) is 5.76 Å². The molecule has 0 saturated carbocycles. The standard InChI is InChI=1S/C51H34N2O/c1-4-14-33(15-5-1)36-26-28-46-42(30-36)43-31-37(34-16-6-2-7-17-34)27-29-47(43)53(46)48-24-12-22-40-50-39(21-13-25-49(50)54-51(40)48)45-32-41(35-18-8-3-9-19-35)38-20-10-11-23-44(38)52-45/h1-12,14-24,26-32H,13,25H2. The van der Waals surface area contributed by atoms with Crippen molar-refractivity contribution < 1.29 is 4.42 Å². The van der Waals surface area contributed by atoms with Crippen molar-refractivity contribution >= 4 is 49.3 Å². The van der Waals surface area contributed by atoms with E-state index in [4.69, 9.17) is 9.40 Å². The third-order valence-corrected chi connectivity index (χ3v) is 11.1. The van der Waals surface area contributed by atoms with Gasteiger partial charge in [-0.2, -0.15) is 0 Å². The summed E-state index contributed by atoms with van der Waals surface area (Å²) in [5, 5.41) is 4.70. The third-order valence-electron chi connectivity index (χ3n) is 11.1. The van der Waals surface area contributed by atoms with Crippen LogP contribution in [0.4, 0.5) is 0 Å². The minimum atomic E-state index is 0.847. The zero-order chi connectivity index (χ0) is 35.6. The first-order chi connectivity index (χ1) is 26.8. The molecule has 10 aromatic rings. The van der Waals surface area contributed by atoms with Gasteiger partial charge in [-0.15, -0.1) is 0 Å². The summed E-state index contributed by atoms with van der Waals surface area (Å²) in [4.78, 5) is 5.28. The van der Waals surface area contributed by atoms with E-state index >= 15 is 0 Å². The highest BCUT2D eigenvalue weighted by Gasteiger charge is 2.26. The fourth-order valence-corrected chi connectivity index (χ4v) is 8.56. The van der Waals surface area contributed by atoms with Crippen molar-refractivity contribution in [3.8, 4) is 39.1 Å². The van der Waals surface area contributed by atoms with Crippen LogP contribution >= 0.6 is 0 Å². The first kappa shape index (κ1) is 30.6. The lowest BCUT2D eigenvalue weighted by Crippen LogP contribution is -2.01. The topological polar surface area (TPSA) is 31.0 Å². The van der Waals surface area contributed by atoms with E-state index in [0.717, 1.165) is 74.0 Å². The molecule has 1 aliphatic carbocycles. The van der Waals surface area contributed by atoms with Gasteiger partial charge in [0.25, 0.3) is 0 Å². The summed E-state index contributed by atoms with van der Waals surface area (Å²) < 4.78 is 9.39. The number of hydrogen-bond acceptors (Lipinski definition) is 2. The third kappa shape index (κ3) is 4.86. The molecule has 0 bridgehead atoms. The number of furan rings is 1. The van der Waals surface area contributed by atoms with Crippen LogP contribution < -0.4 is 0 Å². The quantitative estimate of drug-likeness (QED) is 0.180. The molecule has 0 unspecified atom stereocenters. The number of rotatable bonds is 5. The number of pyridine rings is 1. The maximum absolute atomic E-state index is 6.99. The van der Waals surface area contributed by atoms with Crippen molar-refractivity contribution in [3.05, 3.63) is 199 Å².